The molecule has 0 aromatic rings. The molecule has 2 nitrogen and oxygen atoms in total. The molecule has 1 saturated heterocycles. The number of nitrogens with one attached hydrogen (secondary N) is 1. The smallest absolute Gasteiger partial charge is 0.00989 e. The van der Waals surface area contributed by atoms with Crippen molar-refractivity contribution in [2.75, 3.05) is 19.6 Å². The van der Waals surface area contributed by atoms with Crippen LogP contribution < -0.4 is 5.32 Å². The summed E-state index contributed by atoms with van der Waals surface area (Å²) >= 11 is 0. The summed E-state index contributed by atoms with van der Waals surface area (Å²) < 4.78 is 0. The molecular formula is C12H24N2. The highest BCUT2D eigenvalue weighted by Gasteiger charge is 2.34. The number of hydrogen-bond acceptors (Lipinski definition) is 2. The van der Waals surface area contributed by atoms with Gasteiger partial charge in [0.25, 0.3) is 0 Å². The third kappa shape index (κ3) is 2.71. The normalized spacial score (nSPS) is 39.4. The zero-order chi connectivity index (χ0) is 9.97. The van der Waals surface area contributed by atoms with Crippen LogP contribution >= 0.6 is 0 Å². The Kier molecular flexibility index (Phi) is 3.45. The molecule has 3 atom stereocenters. The van der Waals surface area contributed by atoms with Crippen LogP contribution in [0.3, 0.4) is 0 Å². The molecule has 1 aliphatic carbocycles. The van der Waals surface area contributed by atoms with E-state index < -0.39 is 0 Å². The van der Waals surface area contributed by atoms with E-state index in [-0.39, 0.29) is 0 Å². The van der Waals surface area contributed by atoms with Crippen LogP contribution in [0.2, 0.25) is 0 Å². The molecule has 2 aliphatic rings. The largest absolute Gasteiger partial charge is 0.311 e. The molecule has 0 aromatic carbocycles. The van der Waals surface area contributed by atoms with Gasteiger partial charge in [0.05, 0.1) is 0 Å². The van der Waals surface area contributed by atoms with E-state index in [4.69, 9.17) is 0 Å². The predicted molar refractivity (Wildman–Crippen MR) is 60.5 cm³/mol. The van der Waals surface area contributed by atoms with E-state index >= 15 is 0 Å². The van der Waals surface area contributed by atoms with Crippen molar-refractivity contribution < 1.29 is 0 Å². The Balaban J connectivity index is 1.72. The van der Waals surface area contributed by atoms with Crippen molar-refractivity contribution >= 4 is 0 Å². The van der Waals surface area contributed by atoms with E-state index in [2.05, 4.69) is 24.1 Å². The standard InChI is InChI=1S/C12H24N2/c1-3-14-7-4-5-11(6-8-14)13-12-9-10(12)2/h10-13H,3-9H2,1-2H3. The van der Waals surface area contributed by atoms with Gasteiger partial charge in [-0.05, 0) is 51.2 Å². The van der Waals surface area contributed by atoms with Gasteiger partial charge in [-0.1, -0.05) is 13.8 Å². The molecule has 3 unspecified atom stereocenters. The monoisotopic (exact) mass is 196 g/mol. The third-order valence-electron chi connectivity index (χ3n) is 3.83. The van der Waals surface area contributed by atoms with Gasteiger partial charge in [0, 0.05) is 12.1 Å². The summed E-state index contributed by atoms with van der Waals surface area (Å²) in [5.41, 5.74) is 0. The highest BCUT2D eigenvalue weighted by molar-refractivity contribution is 4.92. The van der Waals surface area contributed by atoms with Crippen LogP contribution in [0.5, 0.6) is 0 Å². The maximum absolute atomic E-state index is 3.80. The maximum atomic E-state index is 3.80. The van der Waals surface area contributed by atoms with Gasteiger partial charge in [0.2, 0.25) is 0 Å². The summed E-state index contributed by atoms with van der Waals surface area (Å²) in [5.74, 6) is 0.945. The van der Waals surface area contributed by atoms with Crippen molar-refractivity contribution in [3.05, 3.63) is 0 Å². The molecule has 0 amide bonds. The van der Waals surface area contributed by atoms with Gasteiger partial charge in [-0.15, -0.1) is 0 Å². The Bertz CT molecular complexity index is 181. The first kappa shape index (κ1) is 10.4. The quantitative estimate of drug-likeness (QED) is 0.741. The van der Waals surface area contributed by atoms with Gasteiger partial charge in [0.15, 0.2) is 0 Å². The summed E-state index contributed by atoms with van der Waals surface area (Å²) in [6.07, 6.45) is 5.54. The van der Waals surface area contributed by atoms with Gasteiger partial charge < -0.3 is 10.2 Å². The lowest BCUT2D eigenvalue weighted by atomic mass is 10.1. The van der Waals surface area contributed by atoms with E-state index in [9.17, 15) is 0 Å². The molecule has 0 bridgehead atoms. The summed E-state index contributed by atoms with van der Waals surface area (Å²) in [6, 6.07) is 1.66. The van der Waals surface area contributed by atoms with Gasteiger partial charge in [-0.25, -0.2) is 0 Å². The summed E-state index contributed by atoms with van der Waals surface area (Å²) in [5, 5.41) is 3.80. The van der Waals surface area contributed by atoms with Crippen molar-refractivity contribution in [2.24, 2.45) is 5.92 Å². The van der Waals surface area contributed by atoms with Crippen molar-refractivity contribution in [3.8, 4) is 0 Å². The van der Waals surface area contributed by atoms with Crippen molar-refractivity contribution in [2.45, 2.75) is 51.6 Å². The Morgan fingerprint density at radius 1 is 1.29 bits per heavy atom. The maximum Gasteiger partial charge on any atom is 0.00989 e. The molecule has 1 aliphatic heterocycles. The second kappa shape index (κ2) is 4.63. The number of rotatable bonds is 3. The third-order valence-corrected chi connectivity index (χ3v) is 3.83. The lowest BCUT2D eigenvalue weighted by molar-refractivity contribution is 0.297. The van der Waals surface area contributed by atoms with E-state index in [0.717, 1.165) is 18.0 Å². The molecular weight excluding hydrogens is 172 g/mol. The topological polar surface area (TPSA) is 15.3 Å². The van der Waals surface area contributed by atoms with E-state index in [1.165, 1.54) is 45.3 Å². The molecule has 2 heteroatoms. The van der Waals surface area contributed by atoms with Crippen LogP contribution in [-0.4, -0.2) is 36.6 Å². The molecule has 82 valence electrons. The minimum Gasteiger partial charge on any atom is -0.311 e. The summed E-state index contributed by atoms with van der Waals surface area (Å²) in [6.45, 7) is 8.47. The van der Waals surface area contributed by atoms with E-state index in [0.29, 0.717) is 0 Å². The van der Waals surface area contributed by atoms with Crippen LogP contribution in [0.25, 0.3) is 0 Å². The van der Waals surface area contributed by atoms with Gasteiger partial charge in [0.1, 0.15) is 0 Å². The fourth-order valence-corrected chi connectivity index (χ4v) is 2.50. The Morgan fingerprint density at radius 2 is 2.07 bits per heavy atom. The van der Waals surface area contributed by atoms with Crippen molar-refractivity contribution in [1.82, 2.24) is 10.2 Å². The van der Waals surface area contributed by atoms with Gasteiger partial charge in [-0.3, -0.25) is 0 Å². The molecule has 0 spiro atoms. The fraction of sp³-hybridized carbons (Fsp3) is 1.00. The van der Waals surface area contributed by atoms with Crippen LogP contribution in [0, 0.1) is 5.92 Å². The van der Waals surface area contributed by atoms with Crippen LogP contribution in [0.15, 0.2) is 0 Å². The molecule has 0 radical (unpaired) electrons. The van der Waals surface area contributed by atoms with Gasteiger partial charge >= 0.3 is 0 Å². The number of nitrogens with zero attached hydrogens (tertiary/aromatic N) is 1. The second-order valence-corrected chi connectivity index (χ2v) is 5.05. The van der Waals surface area contributed by atoms with E-state index in [1.54, 1.807) is 0 Å². The molecule has 2 rings (SSSR count). The van der Waals surface area contributed by atoms with E-state index in [1.807, 2.05) is 0 Å². The Morgan fingerprint density at radius 3 is 2.71 bits per heavy atom. The first-order chi connectivity index (χ1) is 6.79. The Labute approximate surface area is 88.1 Å². The second-order valence-electron chi connectivity index (χ2n) is 5.05. The minimum absolute atomic E-state index is 0.807. The molecule has 0 aromatic heterocycles. The zero-order valence-electron chi connectivity index (χ0n) is 9.63. The summed E-state index contributed by atoms with van der Waals surface area (Å²) in [4.78, 5) is 2.58. The number of likely N-dealkylation sites (tertiary alicyclic amines) is 1. The Hall–Kier alpha value is -0.0800. The van der Waals surface area contributed by atoms with Crippen LogP contribution in [0.1, 0.15) is 39.5 Å². The van der Waals surface area contributed by atoms with Crippen molar-refractivity contribution in [1.29, 1.82) is 0 Å². The highest BCUT2D eigenvalue weighted by Crippen LogP contribution is 2.30. The van der Waals surface area contributed by atoms with Gasteiger partial charge in [-0.2, -0.15) is 0 Å². The molecule has 2 fully saturated rings. The fourth-order valence-electron chi connectivity index (χ4n) is 2.50. The minimum atomic E-state index is 0.807. The average Bonchev–Trinajstić information content (AvgIpc) is 2.91. The first-order valence-electron chi connectivity index (χ1n) is 6.28. The molecule has 1 saturated carbocycles. The SMILES string of the molecule is CCN1CCCC(NC2CC2C)CC1. The van der Waals surface area contributed by atoms with Crippen LogP contribution in [0.4, 0.5) is 0 Å². The lowest BCUT2D eigenvalue weighted by Crippen LogP contribution is -2.33. The zero-order valence-corrected chi connectivity index (χ0v) is 9.63. The summed E-state index contributed by atoms with van der Waals surface area (Å²) in [7, 11) is 0. The molecule has 1 heterocycles. The molecule has 14 heavy (non-hydrogen) atoms. The average molecular weight is 196 g/mol. The predicted octanol–water partition coefficient (Wildman–Crippen LogP) is 1.86. The number of hydrogen-bond donors (Lipinski definition) is 1. The lowest BCUT2D eigenvalue weighted by Gasteiger charge is -2.18. The van der Waals surface area contributed by atoms with Crippen molar-refractivity contribution in [3.63, 3.8) is 0 Å². The molecule has 1 N–H and O–H groups in total. The van der Waals surface area contributed by atoms with Crippen LogP contribution in [-0.2, 0) is 0 Å². The highest BCUT2D eigenvalue weighted by atomic mass is 15.1. The first-order valence-corrected chi connectivity index (χ1v) is 6.28.